The number of nitrogens with zero attached hydrogens (tertiary/aromatic N) is 2. The van der Waals surface area contributed by atoms with E-state index in [4.69, 9.17) is 0 Å². The van der Waals surface area contributed by atoms with Crippen LogP contribution in [0, 0.1) is 0 Å². The van der Waals surface area contributed by atoms with E-state index in [0.717, 1.165) is 24.9 Å². The maximum Gasteiger partial charge on any atom is 0.252 e. The molecule has 17 heavy (non-hydrogen) atoms. The van der Waals surface area contributed by atoms with Gasteiger partial charge in [-0.1, -0.05) is 0 Å². The molecule has 1 amide bonds. The molecule has 0 saturated heterocycles. The zero-order valence-corrected chi connectivity index (χ0v) is 10.1. The monoisotopic (exact) mass is 247 g/mol. The summed E-state index contributed by atoms with van der Waals surface area (Å²) in [4.78, 5) is 11.9. The highest BCUT2D eigenvalue weighted by Gasteiger charge is 2.20. The lowest BCUT2D eigenvalue weighted by Gasteiger charge is -2.24. The molecule has 2 aromatic rings. The summed E-state index contributed by atoms with van der Waals surface area (Å²) in [5.74, 6) is 0.0317. The summed E-state index contributed by atoms with van der Waals surface area (Å²) >= 11 is 1.54. The molecule has 3 rings (SSSR count). The van der Waals surface area contributed by atoms with Gasteiger partial charge in [0.2, 0.25) is 0 Å². The molecule has 0 spiro atoms. The number of hydrogen-bond acceptors (Lipinski definition) is 3. The quantitative estimate of drug-likeness (QED) is 0.878. The highest BCUT2D eigenvalue weighted by atomic mass is 32.1. The van der Waals surface area contributed by atoms with Gasteiger partial charge in [-0.3, -0.25) is 9.48 Å². The molecular weight excluding hydrogens is 234 g/mol. The van der Waals surface area contributed by atoms with Crippen molar-refractivity contribution in [3.05, 3.63) is 40.3 Å². The Kier molecular flexibility index (Phi) is 2.68. The molecule has 5 heteroatoms. The number of nitrogens with one attached hydrogen (secondary N) is 1. The Balaban J connectivity index is 1.66. The van der Waals surface area contributed by atoms with Gasteiger partial charge in [0.1, 0.15) is 0 Å². The number of fused-ring (bicyclic) bond motifs is 1. The molecule has 1 atom stereocenters. The van der Waals surface area contributed by atoms with Crippen molar-refractivity contribution in [2.75, 3.05) is 0 Å². The van der Waals surface area contributed by atoms with Crippen molar-refractivity contribution in [2.45, 2.75) is 25.4 Å². The maximum absolute atomic E-state index is 11.9. The molecule has 0 saturated carbocycles. The fraction of sp³-hybridized carbons (Fsp3) is 0.333. The Hall–Kier alpha value is -1.62. The van der Waals surface area contributed by atoms with Crippen LogP contribution in [0.25, 0.3) is 0 Å². The second-order valence-electron chi connectivity index (χ2n) is 4.22. The van der Waals surface area contributed by atoms with Crippen LogP contribution in [-0.4, -0.2) is 21.7 Å². The van der Waals surface area contributed by atoms with Gasteiger partial charge in [0.25, 0.3) is 5.91 Å². The van der Waals surface area contributed by atoms with E-state index in [1.165, 1.54) is 5.69 Å². The first-order valence-corrected chi connectivity index (χ1v) is 6.61. The normalized spacial score (nSPS) is 18.7. The summed E-state index contributed by atoms with van der Waals surface area (Å²) in [5, 5.41) is 11.1. The second-order valence-corrected chi connectivity index (χ2v) is 5.00. The number of carbonyl (C=O) groups excluding carboxylic acids is 1. The van der Waals surface area contributed by atoms with E-state index in [1.807, 2.05) is 33.8 Å². The lowest BCUT2D eigenvalue weighted by Crippen LogP contribution is -2.40. The van der Waals surface area contributed by atoms with Gasteiger partial charge < -0.3 is 5.32 Å². The topological polar surface area (TPSA) is 46.9 Å². The Labute approximate surface area is 103 Å². The van der Waals surface area contributed by atoms with E-state index in [0.29, 0.717) is 0 Å². The molecule has 4 nitrogen and oxygen atoms in total. The van der Waals surface area contributed by atoms with E-state index in [1.54, 1.807) is 11.3 Å². The van der Waals surface area contributed by atoms with Crippen molar-refractivity contribution in [3.8, 4) is 0 Å². The maximum atomic E-state index is 11.9. The van der Waals surface area contributed by atoms with Crippen LogP contribution in [0.5, 0.6) is 0 Å². The Morgan fingerprint density at radius 2 is 2.47 bits per heavy atom. The largest absolute Gasteiger partial charge is 0.349 e. The van der Waals surface area contributed by atoms with E-state index in [-0.39, 0.29) is 11.9 Å². The van der Waals surface area contributed by atoms with Crippen molar-refractivity contribution in [1.82, 2.24) is 15.1 Å². The number of hydrogen-bond donors (Lipinski definition) is 1. The van der Waals surface area contributed by atoms with Gasteiger partial charge in [0, 0.05) is 41.8 Å². The highest BCUT2D eigenvalue weighted by Crippen LogP contribution is 2.14. The van der Waals surface area contributed by atoms with Crippen LogP contribution >= 0.6 is 11.3 Å². The summed E-state index contributed by atoms with van der Waals surface area (Å²) < 4.78 is 2.01. The fourth-order valence-corrected chi connectivity index (χ4v) is 2.79. The summed E-state index contributed by atoms with van der Waals surface area (Å²) in [6, 6.07) is 4.10. The van der Waals surface area contributed by atoms with Crippen LogP contribution in [0.3, 0.4) is 0 Å². The molecule has 0 bridgehead atoms. The first-order chi connectivity index (χ1) is 8.33. The lowest BCUT2D eigenvalue weighted by atomic mass is 10.0. The van der Waals surface area contributed by atoms with Gasteiger partial charge in [-0.2, -0.15) is 16.4 Å². The molecule has 88 valence electrons. The third-order valence-electron chi connectivity index (χ3n) is 3.07. The third kappa shape index (κ3) is 2.10. The number of thiophene rings is 1. The zero-order chi connectivity index (χ0) is 11.7. The molecule has 1 aliphatic heterocycles. The Morgan fingerprint density at radius 1 is 1.53 bits per heavy atom. The first-order valence-electron chi connectivity index (χ1n) is 5.66. The number of aromatic nitrogens is 2. The van der Waals surface area contributed by atoms with Crippen LogP contribution in [0.2, 0.25) is 0 Å². The van der Waals surface area contributed by atoms with E-state index < -0.39 is 0 Å². The fourth-order valence-electron chi connectivity index (χ4n) is 2.15. The molecule has 0 aliphatic carbocycles. The number of amides is 1. The number of rotatable bonds is 2. The molecule has 2 aromatic heterocycles. The third-order valence-corrected chi connectivity index (χ3v) is 3.75. The average Bonchev–Trinajstić information content (AvgIpc) is 2.99. The first kappa shape index (κ1) is 10.5. The molecule has 1 aliphatic rings. The molecular formula is C12H13N3OS. The van der Waals surface area contributed by atoms with Crippen LogP contribution in [0.1, 0.15) is 22.5 Å². The minimum atomic E-state index is 0.0317. The molecule has 1 unspecified atom stereocenters. The molecule has 0 radical (unpaired) electrons. The number of aryl methyl sites for hydroxylation is 1. The smallest absolute Gasteiger partial charge is 0.252 e. The standard InChI is InChI=1S/C12H13N3OS/c16-12(9-3-6-17-8-9)14-10-2-5-15-11(7-10)1-4-13-15/h1,3-4,6,8,10H,2,5,7H2,(H,14,16). The van der Waals surface area contributed by atoms with Gasteiger partial charge in [-0.05, 0) is 23.9 Å². The summed E-state index contributed by atoms with van der Waals surface area (Å²) in [6.07, 6.45) is 3.64. The predicted octanol–water partition coefficient (Wildman–Crippen LogP) is 1.69. The molecule has 3 heterocycles. The second kappa shape index (κ2) is 4.33. The molecule has 0 fully saturated rings. The minimum Gasteiger partial charge on any atom is -0.349 e. The van der Waals surface area contributed by atoms with Crippen molar-refractivity contribution in [2.24, 2.45) is 0 Å². The van der Waals surface area contributed by atoms with Crippen LogP contribution in [0.15, 0.2) is 29.1 Å². The van der Waals surface area contributed by atoms with Gasteiger partial charge >= 0.3 is 0 Å². The van der Waals surface area contributed by atoms with Crippen LogP contribution < -0.4 is 5.32 Å². The Bertz CT molecular complexity index is 518. The van der Waals surface area contributed by atoms with E-state index in [9.17, 15) is 4.79 Å². The van der Waals surface area contributed by atoms with E-state index in [2.05, 4.69) is 10.4 Å². The summed E-state index contributed by atoms with van der Waals surface area (Å²) in [5.41, 5.74) is 1.96. The average molecular weight is 247 g/mol. The van der Waals surface area contributed by atoms with Crippen molar-refractivity contribution in [1.29, 1.82) is 0 Å². The summed E-state index contributed by atoms with van der Waals surface area (Å²) in [7, 11) is 0. The van der Waals surface area contributed by atoms with Gasteiger partial charge in [0.05, 0.1) is 0 Å². The minimum absolute atomic E-state index is 0.0317. The zero-order valence-electron chi connectivity index (χ0n) is 9.30. The predicted molar refractivity (Wildman–Crippen MR) is 66.1 cm³/mol. The number of carbonyl (C=O) groups is 1. The van der Waals surface area contributed by atoms with Crippen molar-refractivity contribution in [3.63, 3.8) is 0 Å². The highest BCUT2D eigenvalue weighted by molar-refractivity contribution is 7.08. The van der Waals surface area contributed by atoms with Crippen LogP contribution in [-0.2, 0) is 13.0 Å². The van der Waals surface area contributed by atoms with Crippen molar-refractivity contribution < 1.29 is 4.79 Å². The summed E-state index contributed by atoms with van der Waals surface area (Å²) in [6.45, 7) is 0.886. The Morgan fingerprint density at radius 3 is 3.29 bits per heavy atom. The SMILES string of the molecule is O=C(NC1CCn2nccc2C1)c1ccsc1. The van der Waals surface area contributed by atoms with Gasteiger partial charge in [-0.25, -0.2) is 0 Å². The van der Waals surface area contributed by atoms with Crippen molar-refractivity contribution >= 4 is 17.2 Å². The van der Waals surface area contributed by atoms with Gasteiger partial charge in [-0.15, -0.1) is 0 Å². The van der Waals surface area contributed by atoms with Gasteiger partial charge in [0.15, 0.2) is 0 Å². The van der Waals surface area contributed by atoms with E-state index >= 15 is 0 Å². The molecule has 0 aromatic carbocycles. The molecule has 1 N–H and O–H groups in total. The lowest BCUT2D eigenvalue weighted by molar-refractivity contribution is 0.0930. The van der Waals surface area contributed by atoms with Crippen LogP contribution in [0.4, 0.5) is 0 Å².